The third kappa shape index (κ3) is 2.02. The summed E-state index contributed by atoms with van der Waals surface area (Å²) in [6.07, 6.45) is 2.99. The van der Waals surface area contributed by atoms with Crippen molar-refractivity contribution in [3.05, 3.63) is 22.6 Å². The Bertz CT molecular complexity index is 427. The molecule has 1 aliphatic heterocycles. The molecule has 2 heterocycles. The van der Waals surface area contributed by atoms with Gasteiger partial charge in [0.15, 0.2) is 11.6 Å². The molecular formula is C10H11BrFN3O. The zero-order valence-electron chi connectivity index (χ0n) is 8.49. The standard InChI is InChI=1S/C10H11BrFN3O/c11-6-4-7(12)10(14-5-6)15-3-1-2-8(15)9(13)16/h4-5,8H,1-3H2,(H2,13,16). The van der Waals surface area contributed by atoms with Gasteiger partial charge in [-0.2, -0.15) is 0 Å². The Morgan fingerprint density at radius 3 is 3.06 bits per heavy atom. The molecule has 1 atom stereocenters. The summed E-state index contributed by atoms with van der Waals surface area (Å²) in [7, 11) is 0. The van der Waals surface area contributed by atoms with Gasteiger partial charge in [-0.15, -0.1) is 0 Å². The van der Waals surface area contributed by atoms with E-state index in [4.69, 9.17) is 5.73 Å². The Morgan fingerprint density at radius 2 is 2.44 bits per heavy atom. The maximum Gasteiger partial charge on any atom is 0.240 e. The summed E-state index contributed by atoms with van der Waals surface area (Å²) >= 11 is 3.14. The van der Waals surface area contributed by atoms with E-state index >= 15 is 0 Å². The van der Waals surface area contributed by atoms with Gasteiger partial charge in [0.05, 0.1) is 0 Å². The summed E-state index contributed by atoms with van der Waals surface area (Å²) in [5.74, 6) is -0.673. The van der Waals surface area contributed by atoms with Crippen molar-refractivity contribution in [2.24, 2.45) is 5.73 Å². The number of carbonyl (C=O) groups excluding carboxylic acids is 1. The first-order chi connectivity index (χ1) is 7.59. The molecular weight excluding hydrogens is 277 g/mol. The van der Waals surface area contributed by atoms with E-state index in [1.807, 2.05) is 0 Å². The second-order valence-corrected chi connectivity index (χ2v) is 4.63. The lowest BCUT2D eigenvalue weighted by Gasteiger charge is -2.23. The van der Waals surface area contributed by atoms with Crippen LogP contribution >= 0.6 is 15.9 Å². The van der Waals surface area contributed by atoms with Gasteiger partial charge < -0.3 is 10.6 Å². The fourth-order valence-electron chi connectivity index (χ4n) is 1.93. The van der Waals surface area contributed by atoms with Gasteiger partial charge in [-0.1, -0.05) is 0 Å². The van der Waals surface area contributed by atoms with Crippen molar-refractivity contribution in [3.8, 4) is 0 Å². The van der Waals surface area contributed by atoms with Crippen LogP contribution in [0.3, 0.4) is 0 Å². The molecule has 0 bridgehead atoms. The van der Waals surface area contributed by atoms with E-state index in [-0.39, 0.29) is 5.82 Å². The molecule has 2 rings (SSSR count). The molecule has 1 amide bonds. The fraction of sp³-hybridized carbons (Fsp3) is 0.400. The Labute approximate surface area is 101 Å². The molecule has 0 aliphatic carbocycles. The number of primary amides is 1. The molecule has 4 nitrogen and oxygen atoms in total. The number of hydrogen-bond acceptors (Lipinski definition) is 3. The van der Waals surface area contributed by atoms with Gasteiger partial charge in [-0.05, 0) is 34.8 Å². The number of aromatic nitrogens is 1. The summed E-state index contributed by atoms with van der Waals surface area (Å²) < 4.78 is 14.2. The smallest absolute Gasteiger partial charge is 0.240 e. The zero-order valence-corrected chi connectivity index (χ0v) is 10.1. The predicted octanol–water partition coefficient (Wildman–Crippen LogP) is 1.44. The highest BCUT2D eigenvalue weighted by Crippen LogP contribution is 2.27. The largest absolute Gasteiger partial charge is 0.368 e. The van der Waals surface area contributed by atoms with Crippen molar-refractivity contribution in [1.82, 2.24) is 4.98 Å². The predicted molar refractivity (Wildman–Crippen MR) is 61.5 cm³/mol. The molecule has 2 N–H and O–H groups in total. The molecule has 1 aromatic heterocycles. The van der Waals surface area contributed by atoms with E-state index < -0.39 is 17.8 Å². The lowest BCUT2D eigenvalue weighted by atomic mass is 10.2. The molecule has 1 aliphatic rings. The summed E-state index contributed by atoms with van der Waals surface area (Å²) in [6.45, 7) is 0.610. The van der Waals surface area contributed by atoms with Crippen molar-refractivity contribution in [3.63, 3.8) is 0 Å². The highest BCUT2D eigenvalue weighted by atomic mass is 79.9. The third-order valence-corrected chi connectivity index (χ3v) is 3.08. The van der Waals surface area contributed by atoms with Crippen LogP contribution in [-0.2, 0) is 4.79 Å². The molecule has 1 aromatic rings. The van der Waals surface area contributed by atoms with Gasteiger partial charge in [0, 0.05) is 17.2 Å². The molecule has 6 heteroatoms. The first kappa shape index (κ1) is 11.3. The summed E-state index contributed by atoms with van der Waals surface area (Å²) in [5, 5.41) is 0. The molecule has 1 fully saturated rings. The Hall–Kier alpha value is -1.17. The Balaban J connectivity index is 2.32. The van der Waals surface area contributed by atoms with Crippen LogP contribution in [0.4, 0.5) is 10.2 Å². The minimum absolute atomic E-state index is 0.199. The molecule has 1 unspecified atom stereocenters. The maximum absolute atomic E-state index is 13.7. The highest BCUT2D eigenvalue weighted by molar-refractivity contribution is 9.10. The minimum Gasteiger partial charge on any atom is -0.368 e. The molecule has 0 radical (unpaired) electrons. The highest BCUT2D eigenvalue weighted by Gasteiger charge is 2.31. The van der Waals surface area contributed by atoms with E-state index in [0.717, 1.165) is 6.42 Å². The monoisotopic (exact) mass is 287 g/mol. The lowest BCUT2D eigenvalue weighted by Crippen LogP contribution is -2.41. The molecule has 0 saturated carbocycles. The minimum atomic E-state index is -0.442. The van der Waals surface area contributed by atoms with E-state index in [1.165, 1.54) is 12.3 Å². The second-order valence-electron chi connectivity index (χ2n) is 3.71. The topological polar surface area (TPSA) is 59.2 Å². The summed E-state index contributed by atoms with van der Waals surface area (Å²) in [5.41, 5.74) is 5.27. The molecule has 0 aromatic carbocycles. The summed E-state index contributed by atoms with van der Waals surface area (Å²) in [6, 6.07) is 0.891. The fourth-order valence-corrected chi connectivity index (χ4v) is 2.24. The van der Waals surface area contributed by atoms with E-state index in [0.29, 0.717) is 17.4 Å². The van der Waals surface area contributed by atoms with Gasteiger partial charge in [-0.3, -0.25) is 4.79 Å². The molecule has 16 heavy (non-hydrogen) atoms. The normalized spacial score (nSPS) is 20.1. The Morgan fingerprint density at radius 1 is 1.69 bits per heavy atom. The van der Waals surface area contributed by atoms with Crippen LogP contribution in [0.1, 0.15) is 12.8 Å². The van der Waals surface area contributed by atoms with Gasteiger partial charge in [0.2, 0.25) is 5.91 Å². The Kier molecular flexibility index (Phi) is 3.09. The molecule has 1 saturated heterocycles. The number of carbonyl (C=O) groups is 1. The number of rotatable bonds is 2. The number of halogens is 2. The maximum atomic E-state index is 13.7. The SMILES string of the molecule is NC(=O)C1CCCN1c1ncc(Br)cc1F. The number of anilines is 1. The van der Waals surface area contributed by atoms with Crippen LogP contribution < -0.4 is 10.6 Å². The van der Waals surface area contributed by atoms with Crippen molar-refractivity contribution in [2.75, 3.05) is 11.4 Å². The lowest BCUT2D eigenvalue weighted by molar-refractivity contribution is -0.119. The van der Waals surface area contributed by atoms with Crippen molar-refractivity contribution >= 4 is 27.7 Å². The first-order valence-corrected chi connectivity index (χ1v) is 5.76. The van der Waals surface area contributed by atoms with Crippen LogP contribution in [0.15, 0.2) is 16.7 Å². The van der Waals surface area contributed by atoms with Gasteiger partial charge in [-0.25, -0.2) is 9.37 Å². The zero-order chi connectivity index (χ0) is 11.7. The van der Waals surface area contributed by atoms with Crippen LogP contribution in [0.25, 0.3) is 0 Å². The number of nitrogens with zero attached hydrogens (tertiary/aromatic N) is 2. The van der Waals surface area contributed by atoms with Crippen LogP contribution in [0.2, 0.25) is 0 Å². The van der Waals surface area contributed by atoms with Crippen molar-refractivity contribution in [1.29, 1.82) is 0 Å². The second kappa shape index (κ2) is 4.37. The third-order valence-electron chi connectivity index (χ3n) is 2.64. The summed E-state index contributed by atoms with van der Waals surface area (Å²) in [4.78, 5) is 16.8. The molecule has 0 spiro atoms. The van der Waals surface area contributed by atoms with E-state index in [1.54, 1.807) is 4.90 Å². The number of nitrogens with two attached hydrogens (primary N) is 1. The number of pyridine rings is 1. The van der Waals surface area contributed by atoms with Crippen molar-refractivity contribution in [2.45, 2.75) is 18.9 Å². The number of hydrogen-bond donors (Lipinski definition) is 1. The number of amides is 1. The van der Waals surface area contributed by atoms with E-state index in [2.05, 4.69) is 20.9 Å². The van der Waals surface area contributed by atoms with Gasteiger partial charge in [0.1, 0.15) is 6.04 Å². The quantitative estimate of drug-likeness (QED) is 0.895. The van der Waals surface area contributed by atoms with Crippen LogP contribution in [0.5, 0.6) is 0 Å². The van der Waals surface area contributed by atoms with Gasteiger partial charge in [0.25, 0.3) is 0 Å². The van der Waals surface area contributed by atoms with Crippen molar-refractivity contribution < 1.29 is 9.18 Å². The van der Waals surface area contributed by atoms with Crippen LogP contribution in [-0.4, -0.2) is 23.5 Å². The van der Waals surface area contributed by atoms with Crippen LogP contribution in [0, 0.1) is 5.82 Å². The molecule has 86 valence electrons. The average Bonchev–Trinajstić information content (AvgIpc) is 2.66. The van der Waals surface area contributed by atoms with E-state index in [9.17, 15) is 9.18 Å². The first-order valence-electron chi connectivity index (χ1n) is 4.96. The average molecular weight is 288 g/mol. The van der Waals surface area contributed by atoms with Gasteiger partial charge >= 0.3 is 0 Å².